The fourth-order valence-corrected chi connectivity index (χ4v) is 1.98. The van der Waals surface area contributed by atoms with Gasteiger partial charge in [0.15, 0.2) is 5.11 Å². The summed E-state index contributed by atoms with van der Waals surface area (Å²) < 4.78 is 0. The molecule has 0 spiro atoms. The topological polar surface area (TPSA) is 27.3 Å². The van der Waals surface area contributed by atoms with Gasteiger partial charge in [-0.15, -0.1) is 0 Å². The lowest BCUT2D eigenvalue weighted by atomic mass is 10.3. The highest BCUT2D eigenvalue weighted by atomic mass is 32.1. The fraction of sp³-hybridized carbons (Fsp3) is 0.533. The quantitative estimate of drug-likeness (QED) is 0.565. The van der Waals surface area contributed by atoms with Gasteiger partial charge < -0.3 is 15.5 Å². The summed E-state index contributed by atoms with van der Waals surface area (Å²) in [7, 11) is 2.12. The monoisotopic (exact) mass is 279 g/mol. The van der Waals surface area contributed by atoms with Gasteiger partial charge in [-0.2, -0.15) is 0 Å². The van der Waals surface area contributed by atoms with Crippen LogP contribution in [-0.2, 0) is 0 Å². The van der Waals surface area contributed by atoms with Gasteiger partial charge >= 0.3 is 0 Å². The Morgan fingerprint density at radius 3 is 2.37 bits per heavy atom. The van der Waals surface area contributed by atoms with E-state index in [0.717, 1.165) is 31.2 Å². The van der Waals surface area contributed by atoms with Crippen molar-refractivity contribution < 1.29 is 0 Å². The van der Waals surface area contributed by atoms with Crippen molar-refractivity contribution in [2.24, 2.45) is 0 Å². The molecule has 0 aliphatic carbocycles. The van der Waals surface area contributed by atoms with Crippen LogP contribution < -0.4 is 15.5 Å². The van der Waals surface area contributed by atoms with Gasteiger partial charge in [0.05, 0.1) is 0 Å². The summed E-state index contributed by atoms with van der Waals surface area (Å²) in [5.41, 5.74) is 1.26. The average Bonchev–Trinajstić information content (AvgIpc) is 2.44. The van der Waals surface area contributed by atoms with Gasteiger partial charge in [-0.1, -0.05) is 31.5 Å². The van der Waals surface area contributed by atoms with Crippen molar-refractivity contribution in [1.82, 2.24) is 10.6 Å². The Hall–Kier alpha value is -1.29. The molecule has 0 amide bonds. The number of thiocarbonyl (C=S) groups is 1. The zero-order valence-electron chi connectivity index (χ0n) is 12.0. The molecule has 1 rings (SSSR count). The third-order valence-electron chi connectivity index (χ3n) is 2.97. The maximum absolute atomic E-state index is 5.20. The number of rotatable bonds is 8. The molecule has 1 aromatic rings. The number of para-hydroxylation sites is 1. The molecule has 0 aliphatic heterocycles. The van der Waals surface area contributed by atoms with E-state index in [1.807, 2.05) is 6.07 Å². The lowest BCUT2D eigenvalue weighted by Crippen LogP contribution is -2.37. The van der Waals surface area contributed by atoms with Crippen molar-refractivity contribution in [2.45, 2.75) is 26.2 Å². The second kappa shape index (κ2) is 9.62. The molecule has 0 radical (unpaired) electrons. The first-order valence-electron chi connectivity index (χ1n) is 7.02. The van der Waals surface area contributed by atoms with E-state index in [4.69, 9.17) is 12.2 Å². The summed E-state index contributed by atoms with van der Waals surface area (Å²) in [5.74, 6) is 0. The van der Waals surface area contributed by atoms with Crippen LogP contribution in [0, 0.1) is 0 Å². The number of hydrogen-bond acceptors (Lipinski definition) is 2. The van der Waals surface area contributed by atoms with Crippen LogP contribution in [0.15, 0.2) is 30.3 Å². The van der Waals surface area contributed by atoms with Crippen molar-refractivity contribution in [2.75, 3.05) is 31.6 Å². The third-order valence-corrected chi connectivity index (χ3v) is 3.26. The molecular weight excluding hydrogens is 254 g/mol. The predicted molar refractivity (Wildman–Crippen MR) is 87.8 cm³/mol. The Balaban J connectivity index is 2.09. The highest BCUT2D eigenvalue weighted by molar-refractivity contribution is 7.80. The van der Waals surface area contributed by atoms with Gasteiger partial charge in [-0.05, 0) is 37.2 Å². The molecule has 0 unspecified atom stereocenters. The molecule has 0 aliphatic rings. The van der Waals surface area contributed by atoms with E-state index < -0.39 is 0 Å². The molecule has 1 aromatic carbocycles. The SMILES string of the molecule is CCCCNC(=S)NCCCN(C)c1ccccc1. The van der Waals surface area contributed by atoms with E-state index in [1.54, 1.807) is 0 Å². The smallest absolute Gasteiger partial charge is 0.166 e. The number of benzene rings is 1. The number of nitrogens with one attached hydrogen (secondary N) is 2. The van der Waals surface area contributed by atoms with Gasteiger partial charge in [0.2, 0.25) is 0 Å². The number of nitrogens with zero attached hydrogens (tertiary/aromatic N) is 1. The van der Waals surface area contributed by atoms with Crippen LogP contribution in [0.4, 0.5) is 5.69 Å². The van der Waals surface area contributed by atoms with Crippen LogP contribution in [0.1, 0.15) is 26.2 Å². The fourth-order valence-electron chi connectivity index (χ4n) is 1.77. The lowest BCUT2D eigenvalue weighted by molar-refractivity contribution is 0.716. The molecule has 0 atom stereocenters. The van der Waals surface area contributed by atoms with Gasteiger partial charge in [0.25, 0.3) is 0 Å². The second-order valence-corrected chi connectivity index (χ2v) is 5.06. The lowest BCUT2D eigenvalue weighted by Gasteiger charge is -2.19. The summed E-state index contributed by atoms with van der Waals surface area (Å²) >= 11 is 5.20. The largest absolute Gasteiger partial charge is 0.375 e. The van der Waals surface area contributed by atoms with Gasteiger partial charge in [0, 0.05) is 32.4 Å². The van der Waals surface area contributed by atoms with Crippen LogP contribution >= 0.6 is 12.2 Å². The molecule has 0 saturated heterocycles. The van der Waals surface area contributed by atoms with Crippen LogP contribution in [0.2, 0.25) is 0 Å². The van der Waals surface area contributed by atoms with E-state index in [-0.39, 0.29) is 0 Å². The van der Waals surface area contributed by atoms with Crippen molar-refractivity contribution in [3.8, 4) is 0 Å². The van der Waals surface area contributed by atoms with E-state index in [1.165, 1.54) is 18.5 Å². The van der Waals surface area contributed by atoms with Crippen LogP contribution in [0.5, 0.6) is 0 Å². The van der Waals surface area contributed by atoms with Crippen molar-refractivity contribution >= 4 is 23.0 Å². The summed E-state index contributed by atoms with van der Waals surface area (Å²) in [5, 5.41) is 7.23. The number of anilines is 1. The van der Waals surface area contributed by atoms with Crippen molar-refractivity contribution in [3.05, 3.63) is 30.3 Å². The third kappa shape index (κ3) is 7.01. The van der Waals surface area contributed by atoms with E-state index in [0.29, 0.717) is 0 Å². The van der Waals surface area contributed by atoms with Crippen LogP contribution in [0.25, 0.3) is 0 Å². The van der Waals surface area contributed by atoms with Gasteiger partial charge in [-0.25, -0.2) is 0 Å². The summed E-state index contributed by atoms with van der Waals surface area (Å²) in [4.78, 5) is 2.26. The van der Waals surface area contributed by atoms with E-state index >= 15 is 0 Å². The van der Waals surface area contributed by atoms with Gasteiger partial charge in [-0.3, -0.25) is 0 Å². The predicted octanol–water partition coefficient (Wildman–Crippen LogP) is 2.78. The maximum Gasteiger partial charge on any atom is 0.166 e. The number of hydrogen-bond donors (Lipinski definition) is 2. The molecule has 19 heavy (non-hydrogen) atoms. The minimum Gasteiger partial charge on any atom is -0.375 e. The molecule has 0 fully saturated rings. The van der Waals surface area contributed by atoms with Gasteiger partial charge in [0.1, 0.15) is 0 Å². The van der Waals surface area contributed by atoms with E-state index in [2.05, 4.69) is 53.8 Å². The Kier molecular flexibility index (Phi) is 7.98. The first kappa shape index (κ1) is 15.8. The zero-order chi connectivity index (χ0) is 13.9. The Morgan fingerprint density at radius 2 is 1.74 bits per heavy atom. The molecule has 4 heteroatoms. The number of unbranched alkanes of at least 4 members (excludes halogenated alkanes) is 1. The van der Waals surface area contributed by atoms with E-state index in [9.17, 15) is 0 Å². The molecule has 3 nitrogen and oxygen atoms in total. The standard InChI is InChI=1S/C15H25N3S/c1-3-4-11-16-15(19)17-12-8-13-18(2)14-9-6-5-7-10-14/h5-7,9-10H,3-4,8,11-13H2,1-2H3,(H2,16,17,19). The first-order valence-corrected chi connectivity index (χ1v) is 7.42. The Morgan fingerprint density at radius 1 is 1.11 bits per heavy atom. The molecule has 0 aromatic heterocycles. The molecule has 0 saturated carbocycles. The first-order chi connectivity index (χ1) is 9.24. The molecule has 0 heterocycles. The summed E-state index contributed by atoms with van der Waals surface area (Å²) in [6, 6.07) is 10.4. The second-order valence-electron chi connectivity index (χ2n) is 4.65. The van der Waals surface area contributed by atoms with Crippen molar-refractivity contribution in [3.63, 3.8) is 0 Å². The zero-order valence-corrected chi connectivity index (χ0v) is 12.8. The Bertz CT molecular complexity index is 354. The molecule has 2 N–H and O–H groups in total. The molecule has 106 valence electrons. The summed E-state index contributed by atoms with van der Waals surface area (Å²) in [6.07, 6.45) is 3.43. The van der Waals surface area contributed by atoms with Crippen LogP contribution in [-0.4, -0.2) is 31.8 Å². The normalized spacial score (nSPS) is 10.0. The molecular formula is C15H25N3S. The summed E-state index contributed by atoms with van der Waals surface area (Å²) in [6.45, 7) is 5.08. The molecule has 0 bridgehead atoms. The minimum atomic E-state index is 0.774. The highest BCUT2D eigenvalue weighted by Gasteiger charge is 1.99. The Labute approximate surface area is 122 Å². The van der Waals surface area contributed by atoms with Crippen molar-refractivity contribution in [1.29, 1.82) is 0 Å². The maximum atomic E-state index is 5.20. The highest BCUT2D eigenvalue weighted by Crippen LogP contribution is 2.10. The minimum absolute atomic E-state index is 0.774. The average molecular weight is 279 g/mol. The van der Waals surface area contributed by atoms with Crippen LogP contribution in [0.3, 0.4) is 0 Å².